The second-order valence-electron chi connectivity index (χ2n) is 9.45. The Morgan fingerprint density at radius 1 is 0.971 bits per heavy atom. The van der Waals surface area contributed by atoms with Crippen molar-refractivity contribution in [3.05, 3.63) is 47.3 Å². The highest BCUT2D eigenvalue weighted by atomic mass is 32.2. The van der Waals surface area contributed by atoms with E-state index in [1.807, 2.05) is 32.0 Å². The molecule has 4 rings (SSSR count). The molecule has 0 bridgehead atoms. The Morgan fingerprint density at radius 3 is 2.41 bits per heavy atom. The SMILES string of the molecule is Cc1ccc(NC(=O)C2CCCN(S(=O)(=O)c3c[nH]c(C(=O)N4CCCCCC4)c3)C2)cc1C. The molecular formula is C25H34N4O4S. The van der Waals surface area contributed by atoms with Gasteiger partial charge in [0, 0.05) is 38.1 Å². The number of sulfonamides is 1. The number of amides is 2. The Balaban J connectivity index is 1.43. The number of nitrogens with zero attached hydrogens (tertiary/aromatic N) is 2. The highest BCUT2D eigenvalue weighted by molar-refractivity contribution is 7.89. The molecule has 184 valence electrons. The summed E-state index contributed by atoms with van der Waals surface area (Å²) in [4.78, 5) is 30.5. The zero-order valence-corrected chi connectivity index (χ0v) is 20.8. The summed E-state index contributed by atoms with van der Waals surface area (Å²) in [5.74, 6) is -0.760. The number of anilines is 1. The molecule has 1 unspecified atom stereocenters. The van der Waals surface area contributed by atoms with Gasteiger partial charge in [-0.1, -0.05) is 18.9 Å². The molecule has 2 fully saturated rings. The van der Waals surface area contributed by atoms with Gasteiger partial charge in [-0.05, 0) is 68.9 Å². The number of benzene rings is 1. The first kappa shape index (κ1) is 24.5. The minimum absolute atomic E-state index is 0.0703. The standard InChI is InChI=1S/C25H34N4O4S/c1-18-9-10-21(14-19(18)2)27-24(30)20-8-7-13-29(17-20)34(32,33)22-15-23(26-16-22)25(31)28-11-5-3-4-6-12-28/h9-10,14-16,20,26H,3-8,11-13,17H2,1-2H3,(H,27,30). The molecule has 0 saturated carbocycles. The third-order valence-electron chi connectivity index (χ3n) is 6.95. The van der Waals surface area contributed by atoms with Crippen LogP contribution in [-0.4, -0.2) is 60.6 Å². The van der Waals surface area contributed by atoms with E-state index in [2.05, 4.69) is 10.3 Å². The molecular weight excluding hydrogens is 452 g/mol. The summed E-state index contributed by atoms with van der Waals surface area (Å²) in [5, 5.41) is 2.94. The van der Waals surface area contributed by atoms with Gasteiger partial charge >= 0.3 is 0 Å². The first-order valence-corrected chi connectivity index (χ1v) is 13.6. The first-order valence-electron chi connectivity index (χ1n) is 12.1. The first-order chi connectivity index (χ1) is 16.3. The lowest BCUT2D eigenvalue weighted by Crippen LogP contribution is -2.43. The number of aromatic amines is 1. The number of aryl methyl sites for hydroxylation is 2. The minimum atomic E-state index is -3.81. The molecule has 1 aromatic carbocycles. The van der Waals surface area contributed by atoms with E-state index >= 15 is 0 Å². The monoisotopic (exact) mass is 486 g/mol. The molecule has 2 saturated heterocycles. The normalized spacial score (nSPS) is 20.1. The molecule has 0 aliphatic carbocycles. The molecule has 8 nitrogen and oxygen atoms in total. The summed E-state index contributed by atoms with van der Waals surface area (Å²) in [6.45, 7) is 5.88. The largest absolute Gasteiger partial charge is 0.356 e. The number of rotatable bonds is 5. The number of aromatic nitrogens is 1. The maximum Gasteiger partial charge on any atom is 0.270 e. The average molecular weight is 487 g/mol. The smallest absolute Gasteiger partial charge is 0.270 e. The Morgan fingerprint density at radius 2 is 1.71 bits per heavy atom. The van der Waals surface area contributed by atoms with Crippen LogP contribution in [0.15, 0.2) is 35.4 Å². The molecule has 1 atom stereocenters. The van der Waals surface area contributed by atoms with Crippen molar-refractivity contribution < 1.29 is 18.0 Å². The van der Waals surface area contributed by atoms with Crippen LogP contribution in [0.4, 0.5) is 5.69 Å². The summed E-state index contributed by atoms with van der Waals surface area (Å²) in [6, 6.07) is 7.17. The van der Waals surface area contributed by atoms with E-state index in [9.17, 15) is 18.0 Å². The van der Waals surface area contributed by atoms with Crippen LogP contribution in [0.5, 0.6) is 0 Å². The van der Waals surface area contributed by atoms with Gasteiger partial charge in [0.1, 0.15) is 10.6 Å². The zero-order chi connectivity index (χ0) is 24.3. The summed E-state index contributed by atoms with van der Waals surface area (Å²) >= 11 is 0. The summed E-state index contributed by atoms with van der Waals surface area (Å²) < 4.78 is 28.0. The maximum absolute atomic E-state index is 13.3. The second-order valence-corrected chi connectivity index (χ2v) is 11.4. The van der Waals surface area contributed by atoms with E-state index in [-0.39, 0.29) is 23.3 Å². The maximum atomic E-state index is 13.3. The molecule has 2 amide bonds. The molecule has 0 spiro atoms. The minimum Gasteiger partial charge on any atom is -0.356 e. The number of H-pyrrole nitrogens is 1. The summed E-state index contributed by atoms with van der Waals surface area (Å²) in [6.07, 6.45) is 6.79. The van der Waals surface area contributed by atoms with Crippen LogP contribution in [-0.2, 0) is 14.8 Å². The quantitative estimate of drug-likeness (QED) is 0.673. The Labute approximate surface area is 201 Å². The van der Waals surface area contributed by atoms with Crippen LogP contribution in [0.3, 0.4) is 0 Å². The van der Waals surface area contributed by atoms with Crippen LogP contribution in [0.2, 0.25) is 0 Å². The third kappa shape index (κ3) is 5.36. The fraction of sp³-hybridized carbons (Fsp3) is 0.520. The zero-order valence-electron chi connectivity index (χ0n) is 20.0. The van der Waals surface area contributed by atoms with Crippen LogP contribution in [0.1, 0.15) is 60.1 Å². The van der Waals surface area contributed by atoms with E-state index < -0.39 is 15.9 Å². The molecule has 2 aromatic rings. The van der Waals surface area contributed by atoms with Crippen LogP contribution < -0.4 is 5.32 Å². The van der Waals surface area contributed by atoms with Gasteiger partial charge in [-0.2, -0.15) is 4.31 Å². The van der Waals surface area contributed by atoms with Gasteiger partial charge in [0.2, 0.25) is 15.9 Å². The topological polar surface area (TPSA) is 103 Å². The average Bonchev–Trinajstić information content (AvgIpc) is 3.18. The lowest BCUT2D eigenvalue weighted by atomic mass is 9.98. The van der Waals surface area contributed by atoms with Gasteiger partial charge in [0.25, 0.3) is 5.91 Å². The number of hydrogen-bond donors (Lipinski definition) is 2. The number of carbonyl (C=O) groups excluding carboxylic acids is 2. The van der Waals surface area contributed by atoms with E-state index in [1.54, 1.807) is 4.90 Å². The summed E-state index contributed by atoms with van der Waals surface area (Å²) in [5.41, 5.74) is 3.24. The molecule has 2 N–H and O–H groups in total. The Kier molecular flexibility index (Phi) is 7.42. The molecule has 9 heteroatoms. The summed E-state index contributed by atoms with van der Waals surface area (Å²) in [7, 11) is -3.81. The lowest BCUT2D eigenvalue weighted by Gasteiger charge is -2.31. The van der Waals surface area contributed by atoms with Crippen LogP contribution in [0, 0.1) is 19.8 Å². The van der Waals surface area contributed by atoms with Crippen LogP contribution >= 0.6 is 0 Å². The number of piperidine rings is 1. The molecule has 2 aliphatic rings. The van der Waals surface area contributed by atoms with Gasteiger partial charge in [0.15, 0.2) is 0 Å². The Hall–Kier alpha value is -2.65. The van der Waals surface area contributed by atoms with E-state index in [1.165, 1.54) is 16.6 Å². The number of likely N-dealkylation sites (tertiary alicyclic amines) is 1. The van der Waals surface area contributed by atoms with Crippen molar-refractivity contribution in [1.29, 1.82) is 0 Å². The van der Waals surface area contributed by atoms with E-state index in [4.69, 9.17) is 0 Å². The van der Waals surface area contributed by atoms with Crippen LogP contribution in [0.25, 0.3) is 0 Å². The van der Waals surface area contributed by atoms with Crippen molar-refractivity contribution >= 4 is 27.5 Å². The molecule has 0 radical (unpaired) electrons. The number of hydrogen-bond acceptors (Lipinski definition) is 4. The fourth-order valence-electron chi connectivity index (χ4n) is 4.68. The Bertz CT molecular complexity index is 1150. The van der Waals surface area contributed by atoms with Crippen molar-refractivity contribution in [3.8, 4) is 0 Å². The highest BCUT2D eigenvalue weighted by Gasteiger charge is 2.34. The van der Waals surface area contributed by atoms with Gasteiger partial charge in [-0.25, -0.2) is 8.42 Å². The second kappa shape index (κ2) is 10.3. The van der Waals surface area contributed by atoms with Gasteiger partial charge in [-0.15, -0.1) is 0 Å². The third-order valence-corrected chi connectivity index (χ3v) is 8.79. The molecule has 34 heavy (non-hydrogen) atoms. The van der Waals surface area contributed by atoms with Crippen molar-refractivity contribution in [3.63, 3.8) is 0 Å². The molecule has 3 heterocycles. The van der Waals surface area contributed by atoms with Crippen molar-refractivity contribution in [2.75, 3.05) is 31.5 Å². The highest BCUT2D eigenvalue weighted by Crippen LogP contribution is 2.26. The molecule has 2 aliphatic heterocycles. The van der Waals surface area contributed by atoms with Gasteiger partial charge in [-0.3, -0.25) is 9.59 Å². The fourth-order valence-corrected chi connectivity index (χ4v) is 6.20. The van der Waals surface area contributed by atoms with Crippen molar-refractivity contribution in [2.45, 2.75) is 57.3 Å². The van der Waals surface area contributed by atoms with Gasteiger partial charge in [0.05, 0.1) is 5.92 Å². The van der Waals surface area contributed by atoms with Crippen molar-refractivity contribution in [2.24, 2.45) is 5.92 Å². The van der Waals surface area contributed by atoms with E-state index in [0.717, 1.165) is 42.5 Å². The molecule has 1 aromatic heterocycles. The van der Waals surface area contributed by atoms with Crippen molar-refractivity contribution in [1.82, 2.24) is 14.2 Å². The number of nitrogens with one attached hydrogen (secondary N) is 2. The van der Waals surface area contributed by atoms with Gasteiger partial charge < -0.3 is 15.2 Å². The van der Waals surface area contributed by atoms with E-state index in [0.29, 0.717) is 38.2 Å². The predicted molar refractivity (Wildman–Crippen MR) is 131 cm³/mol. The number of carbonyl (C=O) groups is 2. The lowest BCUT2D eigenvalue weighted by molar-refractivity contribution is -0.120. The predicted octanol–water partition coefficient (Wildman–Crippen LogP) is 3.69.